The summed E-state index contributed by atoms with van der Waals surface area (Å²) in [6.45, 7) is -2.42. The number of hydrogen-bond donors (Lipinski definition) is 10. The fourth-order valence-electron chi connectivity index (χ4n) is 1.23. The van der Waals surface area contributed by atoms with Crippen molar-refractivity contribution < 1.29 is 94.4 Å². The summed E-state index contributed by atoms with van der Waals surface area (Å²) < 4.78 is 73.0. The maximum Gasteiger partial charge on any atom is 0.490 e. The molecule has 4 unspecified atom stereocenters. The Morgan fingerprint density at radius 3 is 1.33 bits per heavy atom. The summed E-state index contributed by atoms with van der Waals surface area (Å²) in [5.74, 6) is 0. The topological polar surface area (TPSA) is 334 Å². The third-order valence-corrected chi connectivity index (χ3v) is 9.32. The van der Waals surface area contributed by atoms with Crippen LogP contribution in [0.3, 0.4) is 0 Å². The van der Waals surface area contributed by atoms with Crippen LogP contribution in [0.5, 0.6) is 0 Å². The Balaban J connectivity index is 5.05. The first-order valence-corrected chi connectivity index (χ1v) is 14.1. The summed E-state index contributed by atoms with van der Waals surface area (Å²) in [5, 5.41) is 36.2. The molecular formula is C5H17O20P5. The first kappa shape index (κ1) is 30.6. The molecule has 0 bridgehead atoms. The van der Waals surface area contributed by atoms with Gasteiger partial charge in [0.05, 0.1) is 13.2 Å². The van der Waals surface area contributed by atoms with Gasteiger partial charge in [0.15, 0.2) is 0 Å². The second-order valence-corrected chi connectivity index (χ2v) is 12.4. The van der Waals surface area contributed by atoms with Gasteiger partial charge in [0.2, 0.25) is 0 Å². The molecule has 0 saturated carbocycles. The van der Waals surface area contributed by atoms with Gasteiger partial charge in [-0.05, 0) is 0 Å². The zero-order valence-corrected chi connectivity index (χ0v) is 18.4. The van der Waals surface area contributed by atoms with Gasteiger partial charge in [0.25, 0.3) is 0 Å². The molecule has 0 radical (unpaired) electrons. The van der Waals surface area contributed by atoms with Crippen molar-refractivity contribution in [1.82, 2.24) is 0 Å². The lowest BCUT2D eigenvalue weighted by atomic mass is 10.1. The van der Waals surface area contributed by atoms with Crippen LogP contribution in [-0.2, 0) is 44.6 Å². The average Bonchev–Trinajstić information content (AvgIpc) is 2.44. The minimum Gasteiger partial charge on any atom is -0.394 e. The average molecular weight is 552 g/mol. The molecule has 10 N–H and O–H groups in total. The van der Waals surface area contributed by atoms with Crippen LogP contribution in [0.2, 0.25) is 0 Å². The molecule has 0 spiro atoms. The molecule has 7 atom stereocenters. The van der Waals surface area contributed by atoms with Crippen LogP contribution in [0.1, 0.15) is 0 Å². The van der Waals surface area contributed by atoms with Gasteiger partial charge < -0.3 is 49.8 Å². The molecule has 0 aliphatic heterocycles. The fraction of sp³-hybridized carbons (Fsp3) is 1.00. The normalized spacial score (nSPS) is 23.9. The molecule has 182 valence electrons. The number of phosphoric acid groups is 5. The molecule has 0 aromatic rings. The highest BCUT2D eigenvalue weighted by molar-refractivity contribution is 7.71. The Morgan fingerprint density at radius 2 is 0.967 bits per heavy atom. The Kier molecular flexibility index (Phi) is 11.3. The number of hydrogen-bond acceptors (Lipinski definition) is 14. The molecule has 0 saturated heterocycles. The van der Waals surface area contributed by atoms with E-state index in [-0.39, 0.29) is 0 Å². The van der Waals surface area contributed by atoms with Crippen molar-refractivity contribution >= 4 is 39.1 Å². The van der Waals surface area contributed by atoms with E-state index in [2.05, 4.69) is 21.8 Å². The molecule has 0 heterocycles. The van der Waals surface area contributed by atoms with Crippen LogP contribution in [0.4, 0.5) is 0 Å². The van der Waals surface area contributed by atoms with Crippen molar-refractivity contribution in [3.8, 4) is 0 Å². The number of aliphatic hydroxyl groups is 4. The third kappa shape index (κ3) is 13.2. The number of aliphatic hydroxyl groups excluding tert-OH is 4. The fourth-order valence-corrected chi connectivity index (χ4v) is 7.12. The van der Waals surface area contributed by atoms with Crippen molar-refractivity contribution in [3.63, 3.8) is 0 Å². The largest absolute Gasteiger partial charge is 0.490 e. The van der Waals surface area contributed by atoms with Crippen molar-refractivity contribution in [1.29, 1.82) is 0 Å². The van der Waals surface area contributed by atoms with E-state index in [1.54, 1.807) is 0 Å². The molecule has 0 aromatic carbocycles. The standard InChI is InChI=1S/C5H17O20P5/c6-1-3(7)5(9)4(8)2-21-27(13,14)23-29(17,18)25-30(19,20)24-28(15,16)22-26(10,11)12/h3-9H,1-2H2,(H,13,14)(H,15,16)(H,17,18)(H,19,20)(H2,10,11,12)/t3-,4+,5+/m1/s1. The molecule has 0 aliphatic carbocycles. The van der Waals surface area contributed by atoms with Gasteiger partial charge in [-0.2, -0.15) is 17.2 Å². The maximum atomic E-state index is 11.5. The molecule has 0 aromatic heterocycles. The van der Waals surface area contributed by atoms with Gasteiger partial charge in [0.1, 0.15) is 18.3 Å². The molecule has 0 aliphatic rings. The smallest absolute Gasteiger partial charge is 0.394 e. The zero-order chi connectivity index (χ0) is 24.2. The van der Waals surface area contributed by atoms with Gasteiger partial charge in [-0.15, -0.1) is 0 Å². The molecule has 20 nitrogen and oxygen atoms in total. The Hall–Kier alpha value is 0.550. The first-order chi connectivity index (χ1) is 13.1. The van der Waals surface area contributed by atoms with E-state index in [0.717, 1.165) is 0 Å². The number of rotatable bonds is 14. The van der Waals surface area contributed by atoms with Crippen LogP contribution < -0.4 is 0 Å². The molecule has 0 fully saturated rings. The van der Waals surface area contributed by atoms with Gasteiger partial charge in [-0.3, -0.25) is 4.52 Å². The highest BCUT2D eigenvalue weighted by Gasteiger charge is 2.47. The Bertz CT molecular complexity index is 799. The van der Waals surface area contributed by atoms with Crippen LogP contribution in [0.15, 0.2) is 0 Å². The van der Waals surface area contributed by atoms with Gasteiger partial charge in [-0.25, -0.2) is 22.8 Å². The highest BCUT2D eigenvalue weighted by atomic mass is 31.3. The van der Waals surface area contributed by atoms with Crippen molar-refractivity contribution in [3.05, 3.63) is 0 Å². The van der Waals surface area contributed by atoms with E-state index in [1.165, 1.54) is 0 Å². The zero-order valence-electron chi connectivity index (χ0n) is 13.9. The SMILES string of the molecule is O=P(O)(O)OP(=O)(O)OP(=O)(O)OP(=O)(O)OP(=O)(O)OC[C@H](O)[C@@H](O)[C@H](O)CO. The molecule has 0 amide bonds. The summed E-state index contributed by atoms with van der Waals surface area (Å²) in [5.41, 5.74) is 0. The van der Waals surface area contributed by atoms with Crippen LogP contribution in [-0.4, -0.2) is 81.3 Å². The molecule has 0 rings (SSSR count). The molecule has 25 heteroatoms. The molecular weight excluding hydrogens is 535 g/mol. The van der Waals surface area contributed by atoms with Crippen LogP contribution >= 0.6 is 39.1 Å². The second-order valence-electron chi connectivity index (χ2n) is 4.80. The number of phosphoric ester groups is 1. The third-order valence-electron chi connectivity index (χ3n) is 2.21. The van der Waals surface area contributed by atoms with Crippen molar-refractivity contribution in [2.45, 2.75) is 18.3 Å². The lowest BCUT2D eigenvalue weighted by molar-refractivity contribution is -0.0890. The van der Waals surface area contributed by atoms with E-state index in [4.69, 9.17) is 34.7 Å². The lowest BCUT2D eigenvalue weighted by Crippen LogP contribution is -2.41. The monoisotopic (exact) mass is 552 g/mol. The van der Waals surface area contributed by atoms with E-state index >= 15 is 0 Å². The van der Waals surface area contributed by atoms with Gasteiger partial charge in [0, 0.05) is 0 Å². The predicted octanol–water partition coefficient (Wildman–Crippen LogP) is -2.36. The van der Waals surface area contributed by atoms with Crippen LogP contribution in [0, 0.1) is 0 Å². The summed E-state index contributed by atoms with van der Waals surface area (Å²) in [7, 11) is -30.0. The van der Waals surface area contributed by atoms with Gasteiger partial charge >= 0.3 is 39.1 Å². The second kappa shape index (κ2) is 11.1. The maximum absolute atomic E-state index is 11.5. The quantitative estimate of drug-likeness (QED) is 0.101. The Labute approximate surface area is 165 Å². The summed E-state index contributed by atoms with van der Waals surface area (Å²) in [6.07, 6.45) is -6.20. The van der Waals surface area contributed by atoms with Gasteiger partial charge in [-0.1, -0.05) is 0 Å². The minimum absolute atomic E-state index is 1.04. The summed E-state index contributed by atoms with van der Waals surface area (Å²) in [4.78, 5) is 52.9. The highest BCUT2D eigenvalue weighted by Crippen LogP contribution is 2.73. The molecule has 30 heavy (non-hydrogen) atoms. The summed E-state index contributed by atoms with van der Waals surface area (Å²) >= 11 is 0. The van der Waals surface area contributed by atoms with E-state index < -0.39 is 70.6 Å². The lowest BCUT2D eigenvalue weighted by Gasteiger charge is -2.23. The van der Waals surface area contributed by atoms with E-state index in [0.29, 0.717) is 0 Å². The van der Waals surface area contributed by atoms with Crippen LogP contribution in [0.25, 0.3) is 0 Å². The Morgan fingerprint density at radius 1 is 0.600 bits per heavy atom. The first-order valence-electron chi connectivity index (χ1n) is 6.62. The minimum atomic E-state index is -6.24. The van der Waals surface area contributed by atoms with Crippen molar-refractivity contribution in [2.24, 2.45) is 0 Å². The van der Waals surface area contributed by atoms with Crippen molar-refractivity contribution in [2.75, 3.05) is 13.2 Å². The van der Waals surface area contributed by atoms with E-state index in [1.807, 2.05) is 0 Å². The summed E-state index contributed by atoms with van der Waals surface area (Å²) in [6, 6.07) is 0. The predicted molar refractivity (Wildman–Crippen MR) is 86.7 cm³/mol. The van der Waals surface area contributed by atoms with E-state index in [9.17, 15) is 37.9 Å².